The van der Waals surface area contributed by atoms with E-state index in [0.717, 1.165) is 36.0 Å². The lowest BCUT2D eigenvalue weighted by Gasteiger charge is -2.28. The molecule has 0 unspecified atom stereocenters. The molecule has 2 heteroatoms. The van der Waals surface area contributed by atoms with Crippen molar-refractivity contribution < 1.29 is 9.59 Å². The van der Waals surface area contributed by atoms with Crippen LogP contribution in [0, 0.1) is 5.92 Å². The fourth-order valence-corrected chi connectivity index (χ4v) is 4.15. The molecule has 0 radical (unpaired) electrons. The van der Waals surface area contributed by atoms with Crippen molar-refractivity contribution in [1.82, 2.24) is 0 Å². The normalized spacial score (nSPS) is 19.9. The molecule has 0 spiro atoms. The van der Waals surface area contributed by atoms with Crippen LogP contribution in [0.25, 0.3) is 11.1 Å². The van der Waals surface area contributed by atoms with Gasteiger partial charge < -0.3 is 0 Å². The number of benzene rings is 2. The molecular formula is C25H30O2. The first kappa shape index (κ1) is 19.5. The summed E-state index contributed by atoms with van der Waals surface area (Å²) in [5.74, 6) is 1.22. The van der Waals surface area contributed by atoms with Crippen LogP contribution in [-0.4, -0.2) is 11.6 Å². The minimum absolute atomic E-state index is 0.0897. The Hall–Kier alpha value is -2.22. The van der Waals surface area contributed by atoms with E-state index in [4.69, 9.17) is 0 Å². The average molecular weight is 363 g/mol. The molecular weight excluding hydrogens is 332 g/mol. The first-order valence-corrected chi connectivity index (χ1v) is 10.3. The van der Waals surface area contributed by atoms with Gasteiger partial charge in [0.25, 0.3) is 0 Å². The average Bonchev–Trinajstić information content (AvgIpc) is 2.69. The van der Waals surface area contributed by atoms with Crippen molar-refractivity contribution in [2.45, 2.75) is 64.7 Å². The smallest absolute Gasteiger partial charge is 0.159 e. The predicted octanol–water partition coefficient (Wildman–Crippen LogP) is 6.59. The molecule has 0 amide bonds. The van der Waals surface area contributed by atoms with Crippen molar-refractivity contribution in [2.75, 3.05) is 0 Å². The van der Waals surface area contributed by atoms with Crippen LogP contribution in [0.3, 0.4) is 0 Å². The largest absolute Gasteiger partial charge is 0.299 e. The second-order valence-corrected chi connectivity index (χ2v) is 7.89. The molecule has 2 aromatic rings. The van der Waals surface area contributed by atoms with E-state index >= 15 is 0 Å². The number of carbonyl (C=O) groups excluding carboxylic acids is 2. The molecule has 142 valence electrons. The maximum absolute atomic E-state index is 12.5. The summed E-state index contributed by atoms with van der Waals surface area (Å²) in [7, 11) is 0. The minimum atomic E-state index is 0.0897. The van der Waals surface area contributed by atoms with Crippen molar-refractivity contribution in [1.29, 1.82) is 0 Å². The van der Waals surface area contributed by atoms with E-state index in [-0.39, 0.29) is 5.78 Å². The summed E-state index contributed by atoms with van der Waals surface area (Å²) >= 11 is 0. The van der Waals surface area contributed by atoms with Crippen molar-refractivity contribution >= 4 is 11.6 Å². The molecule has 0 heterocycles. The van der Waals surface area contributed by atoms with Crippen LogP contribution in [0.4, 0.5) is 0 Å². The van der Waals surface area contributed by atoms with Crippen LogP contribution in [0.2, 0.25) is 0 Å². The Kier molecular flexibility index (Phi) is 6.60. The fraction of sp³-hybridized carbons (Fsp3) is 0.440. The van der Waals surface area contributed by atoms with Gasteiger partial charge in [0.1, 0.15) is 5.78 Å². The van der Waals surface area contributed by atoms with Crippen LogP contribution in [0.1, 0.15) is 80.6 Å². The van der Waals surface area contributed by atoms with E-state index < -0.39 is 0 Å². The fourth-order valence-electron chi connectivity index (χ4n) is 4.15. The molecule has 3 rings (SSSR count). The molecule has 1 saturated carbocycles. The quantitative estimate of drug-likeness (QED) is 0.411. The van der Waals surface area contributed by atoms with Gasteiger partial charge in [-0.1, -0.05) is 74.7 Å². The predicted molar refractivity (Wildman–Crippen MR) is 111 cm³/mol. The van der Waals surface area contributed by atoms with Gasteiger partial charge in [-0.25, -0.2) is 0 Å². The molecule has 0 saturated heterocycles. The van der Waals surface area contributed by atoms with Gasteiger partial charge in [-0.3, -0.25) is 9.59 Å². The molecule has 1 fully saturated rings. The third kappa shape index (κ3) is 4.94. The van der Waals surface area contributed by atoms with E-state index in [2.05, 4.69) is 31.2 Å². The number of ketones is 2. The maximum atomic E-state index is 12.5. The van der Waals surface area contributed by atoms with Crippen molar-refractivity contribution in [3.8, 4) is 11.1 Å². The Morgan fingerprint density at radius 2 is 1.56 bits per heavy atom. The summed E-state index contributed by atoms with van der Waals surface area (Å²) < 4.78 is 0. The van der Waals surface area contributed by atoms with Gasteiger partial charge in [0.15, 0.2) is 5.78 Å². The Balaban J connectivity index is 1.62. The summed E-state index contributed by atoms with van der Waals surface area (Å²) in [6.07, 6.45) is 7.58. The lowest BCUT2D eigenvalue weighted by atomic mass is 9.76. The Labute approximate surface area is 163 Å². The lowest BCUT2D eigenvalue weighted by Crippen LogP contribution is -2.23. The number of hydrogen-bond donors (Lipinski definition) is 0. The molecule has 27 heavy (non-hydrogen) atoms. The number of rotatable bonds is 7. The van der Waals surface area contributed by atoms with Gasteiger partial charge in [-0.05, 0) is 48.8 Å². The van der Waals surface area contributed by atoms with Crippen LogP contribution < -0.4 is 0 Å². The Morgan fingerprint density at radius 1 is 0.926 bits per heavy atom. The molecule has 0 bridgehead atoms. The first-order valence-electron chi connectivity index (χ1n) is 10.3. The number of Topliss-reactive ketones (excluding diaryl/α,β-unsaturated/α-hetero) is 2. The van der Waals surface area contributed by atoms with Gasteiger partial charge in [-0.2, -0.15) is 0 Å². The number of hydrogen-bond acceptors (Lipinski definition) is 2. The third-order valence-corrected chi connectivity index (χ3v) is 5.93. The zero-order valence-corrected chi connectivity index (χ0v) is 16.5. The van der Waals surface area contributed by atoms with E-state index in [9.17, 15) is 9.59 Å². The van der Waals surface area contributed by atoms with E-state index in [1.54, 1.807) is 6.92 Å². The molecule has 1 aliphatic carbocycles. The SMILES string of the molecule is CCCCC[C@H]1CC[C@H](c2ccc(-c3ccc(C(C)=O)cc3)cc2)CC1=O. The molecule has 2 nitrogen and oxygen atoms in total. The molecule has 0 aliphatic heterocycles. The molecule has 2 aromatic carbocycles. The maximum Gasteiger partial charge on any atom is 0.159 e. The highest BCUT2D eigenvalue weighted by Gasteiger charge is 2.28. The van der Waals surface area contributed by atoms with Gasteiger partial charge in [0.05, 0.1) is 0 Å². The second-order valence-electron chi connectivity index (χ2n) is 7.89. The van der Waals surface area contributed by atoms with E-state index in [1.165, 1.54) is 24.8 Å². The van der Waals surface area contributed by atoms with E-state index in [0.29, 0.717) is 24.0 Å². The van der Waals surface area contributed by atoms with Crippen molar-refractivity contribution in [2.24, 2.45) is 5.92 Å². The molecule has 1 aliphatic rings. The van der Waals surface area contributed by atoms with Gasteiger partial charge in [-0.15, -0.1) is 0 Å². The lowest BCUT2D eigenvalue weighted by molar-refractivity contribution is -0.125. The van der Waals surface area contributed by atoms with Crippen molar-refractivity contribution in [3.63, 3.8) is 0 Å². The van der Waals surface area contributed by atoms with Crippen LogP contribution in [0.15, 0.2) is 48.5 Å². The zero-order chi connectivity index (χ0) is 19.2. The summed E-state index contributed by atoms with van der Waals surface area (Å²) in [5.41, 5.74) is 4.28. The highest BCUT2D eigenvalue weighted by atomic mass is 16.1. The van der Waals surface area contributed by atoms with Crippen LogP contribution in [-0.2, 0) is 4.79 Å². The molecule has 2 atom stereocenters. The Morgan fingerprint density at radius 3 is 2.11 bits per heavy atom. The standard InChI is InChI=1S/C25H30O2/c1-3-4-5-6-23-15-16-24(17-25(23)27)22-13-11-21(12-14-22)20-9-7-19(8-10-20)18(2)26/h7-14,23-24H,3-6,15-17H2,1-2H3/t23-,24-/m0/s1. The highest BCUT2D eigenvalue weighted by Crippen LogP contribution is 2.36. The van der Waals surface area contributed by atoms with Crippen LogP contribution >= 0.6 is 0 Å². The zero-order valence-electron chi connectivity index (χ0n) is 16.5. The third-order valence-electron chi connectivity index (χ3n) is 5.93. The monoisotopic (exact) mass is 362 g/mol. The summed E-state index contributed by atoms with van der Waals surface area (Å²) in [6.45, 7) is 3.80. The van der Waals surface area contributed by atoms with Gasteiger partial charge >= 0.3 is 0 Å². The first-order chi connectivity index (χ1) is 13.1. The summed E-state index contributed by atoms with van der Waals surface area (Å²) in [4.78, 5) is 23.9. The molecule has 0 N–H and O–H groups in total. The topological polar surface area (TPSA) is 34.1 Å². The van der Waals surface area contributed by atoms with Gasteiger partial charge in [0, 0.05) is 17.9 Å². The van der Waals surface area contributed by atoms with Crippen LogP contribution in [0.5, 0.6) is 0 Å². The number of carbonyl (C=O) groups is 2. The summed E-state index contributed by atoms with van der Waals surface area (Å²) in [5, 5.41) is 0. The van der Waals surface area contributed by atoms with E-state index in [1.807, 2.05) is 24.3 Å². The second kappa shape index (κ2) is 9.12. The number of unbranched alkanes of at least 4 members (excludes halogenated alkanes) is 2. The Bertz CT molecular complexity index is 771. The summed E-state index contributed by atoms with van der Waals surface area (Å²) in [6, 6.07) is 16.4. The van der Waals surface area contributed by atoms with Crippen molar-refractivity contribution in [3.05, 3.63) is 59.7 Å². The minimum Gasteiger partial charge on any atom is -0.299 e. The van der Waals surface area contributed by atoms with Gasteiger partial charge in [0.2, 0.25) is 0 Å². The molecule has 0 aromatic heterocycles. The highest BCUT2D eigenvalue weighted by molar-refractivity contribution is 5.94.